The fourth-order valence-electron chi connectivity index (χ4n) is 4.03. The number of rotatable bonds is 5. The lowest BCUT2D eigenvalue weighted by atomic mass is 10.1. The number of piperidine rings is 1. The Labute approximate surface area is 191 Å². The SMILES string of the molecule is CS(=O)(=O)NC1CCN(c2nc(-c3cccnc3)nc3sc(-c4ccccc4)cc23)CC1. The average molecular weight is 466 g/mol. The molecular formula is C23H23N5O2S2. The fourth-order valence-corrected chi connectivity index (χ4v) is 5.90. The van der Waals surface area contributed by atoms with Crippen molar-refractivity contribution >= 4 is 37.4 Å². The van der Waals surface area contributed by atoms with Crippen LogP contribution in [0.3, 0.4) is 0 Å². The molecule has 1 saturated heterocycles. The Balaban J connectivity index is 1.55. The Morgan fingerprint density at radius 2 is 1.78 bits per heavy atom. The highest BCUT2D eigenvalue weighted by Crippen LogP contribution is 2.38. The van der Waals surface area contributed by atoms with Gasteiger partial charge in [0.25, 0.3) is 0 Å². The van der Waals surface area contributed by atoms with Gasteiger partial charge in [0.05, 0.1) is 11.6 Å². The predicted molar refractivity (Wildman–Crippen MR) is 129 cm³/mol. The minimum atomic E-state index is -3.21. The second kappa shape index (κ2) is 8.57. The number of nitrogens with one attached hydrogen (secondary N) is 1. The van der Waals surface area contributed by atoms with E-state index >= 15 is 0 Å². The summed E-state index contributed by atoms with van der Waals surface area (Å²) in [7, 11) is -3.21. The molecule has 164 valence electrons. The number of hydrogen-bond acceptors (Lipinski definition) is 7. The smallest absolute Gasteiger partial charge is 0.208 e. The number of thiophene rings is 1. The summed E-state index contributed by atoms with van der Waals surface area (Å²) in [5, 5.41) is 1.02. The number of fused-ring (bicyclic) bond motifs is 1. The monoisotopic (exact) mass is 465 g/mol. The first kappa shape index (κ1) is 21.0. The molecule has 3 aromatic heterocycles. The van der Waals surface area contributed by atoms with Gasteiger partial charge in [0.1, 0.15) is 10.6 Å². The third-order valence-corrected chi connectivity index (χ3v) is 7.37. The van der Waals surface area contributed by atoms with Crippen LogP contribution in [0.15, 0.2) is 60.9 Å². The van der Waals surface area contributed by atoms with E-state index in [9.17, 15) is 8.42 Å². The van der Waals surface area contributed by atoms with Gasteiger partial charge in [-0.15, -0.1) is 11.3 Å². The first-order valence-electron chi connectivity index (χ1n) is 10.5. The van der Waals surface area contributed by atoms with Gasteiger partial charge in [0.15, 0.2) is 5.82 Å². The third-order valence-electron chi connectivity index (χ3n) is 5.53. The van der Waals surface area contributed by atoms with Crippen LogP contribution in [0.5, 0.6) is 0 Å². The number of anilines is 1. The van der Waals surface area contributed by atoms with Crippen molar-refractivity contribution in [3.8, 4) is 21.8 Å². The van der Waals surface area contributed by atoms with E-state index in [1.54, 1.807) is 23.7 Å². The molecule has 1 N–H and O–H groups in total. The molecule has 1 aliphatic heterocycles. The summed E-state index contributed by atoms with van der Waals surface area (Å²) in [5.74, 6) is 1.54. The number of pyridine rings is 1. The lowest BCUT2D eigenvalue weighted by Gasteiger charge is -2.33. The minimum Gasteiger partial charge on any atom is -0.356 e. The van der Waals surface area contributed by atoms with Crippen molar-refractivity contribution in [2.75, 3.05) is 24.2 Å². The maximum atomic E-state index is 11.6. The van der Waals surface area contributed by atoms with Crippen LogP contribution in [0.1, 0.15) is 12.8 Å². The van der Waals surface area contributed by atoms with E-state index in [0.29, 0.717) is 5.82 Å². The number of sulfonamides is 1. The van der Waals surface area contributed by atoms with Crippen molar-refractivity contribution in [2.45, 2.75) is 18.9 Å². The van der Waals surface area contributed by atoms with Gasteiger partial charge >= 0.3 is 0 Å². The lowest BCUT2D eigenvalue weighted by molar-refractivity contribution is 0.460. The summed E-state index contributed by atoms with van der Waals surface area (Å²) in [6.07, 6.45) is 6.19. The Bertz CT molecular complexity index is 1330. The summed E-state index contributed by atoms with van der Waals surface area (Å²) in [5.41, 5.74) is 2.03. The van der Waals surface area contributed by atoms with Gasteiger partial charge < -0.3 is 4.90 Å². The number of hydrogen-bond donors (Lipinski definition) is 1. The van der Waals surface area contributed by atoms with Crippen molar-refractivity contribution in [3.05, 3.63) is 60.9 Å². The van der Waals surface area contributed by atoms with E-state index in [0.717, 1.165) is 58.0 Å². The molecule has 4 aromatic rings. The van der Waals surface area contributed by atoms with Crippen molar-refractivity contribution in [1.29, 1.82) is 0 Å². The van der Waals surface area contributed by atoms with E-state index in [4.69, 9.17) is 9.97 Å². The zero-order valence-electron chi connectivity index (χ0n) is 17.6. The van der Waals surface area contributed by atoms with Crippen LogP contribution in [0.4, 0.5) is 5.82 Å². The first-order chi connectivity index (χ1) is 15.5. The topological polar surface area (TPSA) is 88.1 Å². The molecule has 7 nitrogen and oxygen atoms in total. The molecule has 1 fully saturated rings. The summed E-state index contributed by atoms with van der Waals surface area (Å²) in [6.45, 7) is 1.45. The molecule has 0 atom stereocenters. The van der Waals surface area contributed by atoms with E-state index in [1.165, 1.54) is 6.26 Å². The zero-order valence-corrected chi connectivity index (χ0v) is 19.2. The minimum absolute atomic E-state index is 0.0428. The second-order valence-electron chi connectivity index (χ2n) is 7.96. The molecule has 4 heterocycles. The molecular weight excluding hydrogens is 442 g/mol. The van der Waals surface area contributed by atoms with E-state index in [1.807, 2.05) is 30.3 Å². The molecule has 0 unspecified atom stereocenters. The quantitative estimate of drug-likeness (QED) is 0.480. The first-order valence-corrected chi connectivity index (χ1v) is 13.2. The van der Waals surface area contributed by atoms with Gasteiger partial charge in [-0.05, 0) is 36.6 Å². The summed E-state index contributed by atoms with van der Waals surface area (Å²) >= 11 is 1.66. The maximum Gasteiger partial charge on any atom is 0.208 e. The Morgan fingerprint density at radius 3 is 2.47 bits per heavy atom. The Morgan fingerprint density at radius 1 is 1.03 bits per heavy atom. The van der Waals surface area contributed by atoms with Gasteiger partial charge in [0.2, 0.25) is 10.0 Å². The molecule has 0 bridgehead atoms. The van der Waals surface area contributed by atoms with Crippen LogP contribution in [0, 0.1) is 0 Å². The van der Waals surface area contributed by atoms with Crippen molar-refractivity contribution in [3.63, 3.8) is 0 Å². The zero-order chi connectivity index (χ0) is 22.1. The fraction of sp³-hybridized carbons (Fsp3) is 0.261. The largest absolute Gasteiger partial charge is 0.356 e. The van der Waals surface area contributed by atoms with Gasteiger partial charge in [-0.25, -0.2) is 23.1 Å². The summed E-state index contributed by atoms with van der Waals surface area (Å²) in [6, 6.07) is 16.2. The van der Waals surface area contributed by atoms with E-state index in [2.05, 4.69) is 32.8 Å². The Kier molecular flexibility index (Phi) is 5.62. The molecule has 0 amide bonds. The number of nitrogens with zero attached hydrogens (tertiary/aromatic N) is 4. The highest BCUT2D eigenvalue weighted by Gasteiger charge is 2.25. The molecule has 1 aromatic carbocycles. The second-order valence-corrected chi connectivity index (χ2v) is 10.8. The van der Waals surface area contributed by atoms with Gasteiger partial charge in [-0.1, -0.05) is 30.3 Å². The molecule has 0 aliphatic carbocycles. The summed E-state index contributed by atoms with van der Waals surface area (Å²) < 4.78 is 26.0. The predicted octanol–water partition coefficient (Wildman–Crippen LogP) is 3.94. The normalized spacial score (nSPS) is 15.3. The highest BCUT2D eigenvalue weighted by atomic mass is 32.2. The molecule has 0 spiro atoms. The number of benzene rings is 1. The molecule has 0 radical (unpaired) electrons. The summed E-state index contributed by atoms with van der Waals surface area (Å²) in [4.78, 5) is 18.4. The van der Waals surface area contributed by atoms with Gasteiger partial charge in [-0.3, -0.25) is 4.98 Å². The molecule has 1 aliphatic rings. The van der Waals surface area contributed by atoms with Gasteiger partial charge in [0, 0.05) is 42.0 Å². The van der Waals surface area contributed by atoms with Crippen LogP contribution >= 0.6 is 11.3 Å². The van der Waals surface area contributed by atoms with Crippen molar-refractivity contribution in [2.24, 2.45) is 0 Å². The molecule has 5 rings (SSSR count). The molecule has 9 heteroatoms. The Hall–Kier alpha value is -2.88. The van der Waals surface area contributed by atoms with E-state index in [-0.39, 0.29) is 6.04 Å². The van der Waals surface area contributed by atoms with Crippen molar-refractivity contribution in [1.82, 2.24) is 19.7 Å². The third kappa shape index (κ3) is 4.50. The van der Waals surface area contributed by atoms with Crippen LogP contribution in [-0.2, 0) is 10.0 Å². The van der Waals surface area contributed by atoms with E-state index < -0.39 is 10.0 Å². The highest BCUT2D eigenvalue weighted by molar-refractivity contribution is 7.88. The average Bonchev–Trinajstić information content (AvgIpc) is 3.23. The van der Waals surface area contributed by atoms with Crippen LogP contribution in [0.2, 0.25) is 0 Å². The van der Waals surface area contributed by atoms with Crippen LogP contribution in [-0.4, -0.2) is 48.8 Å². The van der Waals surface area contributed by atoms with Crippen LogP contribution in [0.25, 0.3) is 32.0 Å². The standard InChI is InChI=1S/C23H23N5O2S2/c1-32(29,30)27-18-9-12-28(13-10-18)22-19-14-20(16-6-3-2-4-7-16)31-23(19)26-21(25-22)17-8-5-11-24-15-17/h2-8,11,14-15,18,27H,9-10,12-13H2,1H3. The van der Waals surface area contributed by atoms with Crippen LogP contribution < -0.4 is 9.62 Å². The number of aromatic nitrogens is 3. The lowest BCUT2D eigenvalue weighted by Crippen LogP contribution is -2.44. The molecule has 32 heavy (non-hydrogen) atoms. The molecule has 0 saturated carbocycles. The van der Waals surface area contributed by atoms with Crippen molar-refractivity contribution < 1.29 is 8.42 Å². The maximum absolute atomic E-state index is 11.6. The van der Waals surface area contributed by atoms with Gasteiger partial charge in [-0.2, -0.15) is 0 Å².